The van der Waals surface area contributed by atoms with E-state index in [4.69, 9.17) is 5.73 Å². The van der Waals surface area contributed by atoms with E-state index in [1.807, 2.05) is 36.7 Å². The van der Waals surface area contributed by atoms with E-state index < -0.39 is 5.91 Å². The molecule has 0 aliphatic rings. The number of hydrogen-bond acceptors (Lipinski definition) is 5. The number of imidazole rings is 1. The monoisotopic (exact) mass is 297 g/mol. The molecular weight excluding hydrogens is 282 g/mol. The van der Waals surface area contributed by atoms with Crippen LogP contribution in [0.25, 0.3) is 17.3 Å². The lowest BCUT2D eigenvalue weighted by Gasteiger charge is -2.06. The van der Waals surface area contributed by atoms with E-state index >= 15 is 0 Å². The highest BCUT2D eigenvalue weighted by atomic mass is 16.1. The van der Waals surface area contributed by atoms with Crippen molar-refractivity contribution in [3.05, 3.63) is 42.2 Å². The van der Waals surface area contributed by atoms with Gasteiger partial charge in [-0.15, -0.1) is 5.10 Å². The van der Waals surface area contributed by atoms with Crippen molar-refractivity contribution >= 4 is 5.91 Å². The molecule has 0 radical (unpaired) electrons. The zero-order chi connectivity index (χ0) is 15.7. The van der Waals surface area contributed by atoms with Crippen molar-refractivity contribution in [3.8, 4) is 17.3 Å². The predicted octanol–water partition coefficient (Wildman–Crippen LogP) is 0.399. The minimum absolute atomic E-state index is 0.0241. The van der Waals surface area contributed by atoms with Gasteiger partial charge >= 0.3 is 0 Å². The van der Waals surface area contributed by atoms with E-state index in [-0.39, 0.29) is 6.42 Å². The summed E-state index contributed by atoms with van der Waals surface area (Å²) in [6.07, 6.45) is 3.35. The number of nitrogens with two attached hydrogens (primary N) is 1. The fourth-order valence-corrected chi connectivity index (χ4v) is 2.24. The summed E-state index contributed by atoms with van der Waals surface area (Å²) in [5.74, 6) is 1.06. The summed E-state index contributed by atoms with van der Waals surface area (Å²) >= 11 is 0. The molecule has 0 bridgehead atoms. The third-order valence-electron chi connectivity index (χ3n) is 3.18. The quantitative estimate of drug-likeness (QED) is 0.750. The molecule has 0 aliphatic heterocycles. The normalized spacial score (nSPS) is 10.8. The van der Waals surface area contributed by atoms with Crippen molar-refractivity contribution in [2.45, 2.75) is 13.3 Å². The van der Waals surface area contributed by atoms with E-state index in [9.17, 15) is 4.79 Å². The maximum atomic E-state index is 11.1. The summed E-state index contributed by atoms with van der Waals surface area (Å²) in [5.41, 5.74) is 6.87. The van der Waals surface area contributed by atoms with Crippen LogP contribution in [-0.4, -0.2) is 35.2 Å². The lowest BCUT2D eigenvalue weighted by atomic mass is 10.3. The summed E-state index contributed by atoms with van der Waals surface area (Å²) in [6, 6.07) is 5.50. The Hall–Kier alpha value is -3.03. The van der Waals surface area contributed by atoms with Crippen LogP contribution in [0.15, 0.2) is 30.7 Å². The molecule has 3 rings (SSSR count). The third-order valence-corrected chi connectivity index (χ3v) is 3.18. The molecule has 3 aromatic rings. The molecule has 0 saturated carbocycles. The number of hydrogen-bond donors (Lipinski definition) is 1. The molecule has 3 heterocycles. The molecular formula is C14H15N7O. The van der Waals surface area contributed by atoms with Crippen molar-refractivity contribution in [2.24, 2.45) is 12.8 Å². The second kappa shape index (κ2) is 5.40. The summed E-state index contributed by atoms with van der Waals surface area (Å²) in [5, 5.41) is 4.36. The Bertz CT molecular complexity index is 800. The van der Waals surface area contributed by atoms with Crippen molar-refractivity contribution in [2.75, 3.05) is 0 Å². The number of nitrogens with zero attached hydrogens (tertiary/aromatic N) is 6. The van der Waals surface area contributed by atoms with E-state index in [0.717, 1.165) is 11.4 Å². The van der Waals surface area contributed by atoms with Gasteiger partial charge < -0.3 is 10.3 Å². The molecule has 0 spiro atoms. The zero-order valence-electron chi connectivity index (χ0n) is 12.3. The molecule has 8 nitrogen and oxygen atoms in total. The lowest BCUT2D eigenvalue weighted by Crippen LogP contribution is -2.14. The molecule has 22 heavy (non-hydrogen) atoms. The van der Waals surface area contributed by atoms with E-state index in [0.29, 0.717) is 17.5 Å². The Morgan fingerprint density at radius 1 is 1.32 bits per heavy atom. The first-order chi connectivity index (χ1) is 10.6. The molecule has 0 fully saturated rings. The van der Waals surface area contributed by atoms with Gasteiger partial charge in [0, 0.05) is 13.2 Å². The average molecular weight is 297 g/mol. The molecule has 1 amide bonds. The first kappa shape index (κ1) is 13.9. The third kappa shape index (κ3) is 2.46. The van der Waals surface area contributed by atoms with E-state index in [2.05, 4.69) is 20.1 Å². The van der Waals surface area contributed by atoms with Gasteiger partial charge in [-0.2, -0.15) is 4.68 Å². The Labute approximate surface area is 126 Å². The maximum absolute atomic E-state index is 11.1. The second-order valence-electron chi connectivity index (χ2n) is 4.88. The van der Waals surface area contributed by atoms with Crippen LogP contribution in [-0.2, 0) is 18.3 Å². The number of pyridine rings is 1. The molecule has 8 heteroatoms. The largest absolute Gasteiger partial charge is 0.369 e. The molecule has 0 atom stereocenters. The van der Waals surface area contributed by atoms with E-state index in [1.165, 1.54) is 0 Å². The molecule has 112 valence electrons. The van der Waals surface area contributed by atoms with Crippen LogP contribution in [0.1, 0.15) is 11.5 Å². The second-order valence-corrected chi connectivity index (χ2v) is 4.88. The van der Waals surface area contributed by atoms with Crippen LogP contribution in [0.3, 0.4) is 0 Å². The zero-order valence-corrected chi connectivity index (χ0v) is 12.3. The first-order valence-corrected chi connectivity index (χ1v) is 6.70. The van der Waals surface area contributed by atoms with Crippen LogP contribution in [0.5, 0.6) is 0 Å². The van der Waals surface area contributed by atoms with Crippen molar-refractivity contribution in [1.29, 1.82) is 0 Å². The highest BCUT2D eigenvalue weighted by Crippen LogP contribution is 2.22. The minimum Gasteiger partial charge on any atom is -0.369 e. The number of amides is 1. The molecule has 3 aromatic heterocycles. The number of primary amides is 1. The van der Waals surface area contributed by atoms with Gasteiger partial charge in [0.05, 0.1) is 18.4 Å². The van der Waals surface area contributed by atoms with Crippen molar-refractivity contribution in [1.82, 2.24) is 29.3 Å². The van der Waals surface area contributed by atoms with Crippen LogP contribution >= 0.6 is 0 Å². The highest BCUT2D eigenvalue weighted by molar-refractivity contribution is 5.75. The first-order valence-electron chi connectivity index (χ1n) is 6.70. The van der Waals surface area contributed by atoms with Gasteiger partial charge in [-0.05, 0) is 19.1 Å². The molecule has 0 unspecified atom stereocenters. The fraction of sp³-hybridized carbons (Fsp3) is 0.214. The van der Waals surface area contributed by atoms with Gasteiger partial charge in [0.2, 0.25) is 5.91 Å². The Morgan fingerprint density at radius 2 is 2.14 bits per heavy atom. The topological polar surface area (TPSA) is 105 Å². The number of aryl methyl sites for hydroxylation is 2. The Kier molecular flexibility index (Phi) is 3.42. The van der Waals surface area contributed by atoms with Gasteiger partial charge in [0.15, 0.2) is 17.5 Å². The number of aromatic nitrogens is 6. The minimum atomic E-state index is -0.480. The van der Waals surface area contributed by atoms with Crippen LogP contribution in [0.4, 0.5) is 0 Å². The molecule has 0 aliphatic carbocycles. The maximum Gasteiger partial charge on any atom is 0.225 e. The number of carbonyl (C=O) groups excluding carboxylic acids is 1. The fourth-order valence-electron chi connectivity index (χ4n) is 2.24. The predicted molar refractivity (Wildman–Crippen MR) is 79.0 cm³/mol. The van der Waals surface area contributed by atoms with Crippen LogP contribution in [0.2, 0.25) is 0 Å². The summed E-state index contributed by atoms with van der Waals surface area (Å²) in [4.78, 5) is 24.1. The van der Waals surface area contributed by atoms with E-state index in [1.54, 1.807) is 17.2 Å². The Morgan fingerprint density at radius 3 is 2.73 bits per heavy atom. The van der Waals surface area contributed by atoms with Crippen molar-refractivity contribution in [3.63, 3.8) is 0 Å². The van der Waals surface area contributed by atoms with Gasteiger partial charge in [-0.25, -0.2) is 15.0 Å². The number of rotatable bonds is 4. The Balaban J connectivity index is 2.19. The highest BCUT2D eigenvalue weighted by Gasteiger charge is 2.19. The van der Waals surface area contributed by atoms with Crippen LogP contribution in [0, 0.1) is 6.92 Å². The smallest absolute Gasteiger partial charge is 0.225 e. The SMILES string of the molecule is Cc1ncn(C)c1-c1nc(CC(N)=O)nn1-c1ccccn1. The molecule has 2 N–H and O–H groups in total. The standard InChI is InChI=1S/C14H15N7O/c1-9-13(20(2)8-17-9)14-18-11(7-10(15)22)19-21(14)12-5-3-4-6-16-12/h3-6,8H,7H2,1-2H3,(H2,15,22). The molecule has 0 aromatic carbocycles. The van der Waals surface area contributed by atoms with Crippen LogP contribution < -0.4 is 5.73 Å². The molecule has 0 saturated heterocycles. The van der Waals surface area contributed by atoms with Crippen molar-refractivity contribution < 1.29 is 4.79 Å². The van der Waals surface area contributed by atoms with Gasteiger partial charge in [-0.3, -0.25) is 4.79 Å². The number of carbonyl (C=O) groups is 1. The van der Waals surface area contributed by atoms with Gasteiger partial charge in [0.1, 0.15) is 5.69 Å². The average Bonchev–Trinajstić information content (AvgIpc) is 3.03. The summed E-state index contributed by atoms with van der Waals surface area (Å²) in [6.45, 7) is 1.89. The van der Waals surface area contributed by atoms with Gasteiger partial charge in [0.25, 0.3) is 0 Å². The summed E-state index contributed by atoms with van der Waals surface area (Å²) in [7, 11) is 1.88. The lowest BCUT2D eigenvalue weighted by molar-refractivity contribution is -0.117. The van der Waals surface area contributed by atoms with Gasteiger partial charge in [-0.1, -0.05) is 6.07 Å². The summed E-state index contributed by atoms with van der Waals surface area (Å²) < 4.78 is 3.45.